The fourth-order valence-electron chi connectivity index (χ4n) is 3.28. The molecule has 0 spiro atoms. The molecule has 0 aliphatic carbocycles. The van der Waals surface area contributed by atoms with Gasteiger partial charge in [0.2, 0.25) is 5.13 Å². The van der Waals surface area contributed by atoms with E-state index in [1.165, 1.54) is 23.5 Å². The van der Waals surface area contributed by atoms with E-state index in [0.29, 0.717) is 11.5 Å². The van der Waals surface area contributed by atoms with Crippen molar-refractivity contribution < 1.29 is 13.9 Å². The summed E-state index contributed by atoms with van der Waals surface area (Å²) >= 11 is 1.52. The van der Waals surface area contributed by atoms with Gasteiger partial charge in [-0.2, -0.15) is 5.10 Å². The Morgan fingerprint density at radius 2 is 1.82 bits per heavy atom. The van der Waals surface area contributed by atoms with E-state index in [4.69, 9.17) is 19.6 Å². The quantitative estimate of drug-likeness (QED) is 0.587. The number of hydrogen-bond donors (Lipinski definition) is 0. The lowest BCUT2D eigenvalue weighted by atomic mass is 10.0. The molecular weight excluding hydrogens is 377 g/mol. The van der Waals surface area contributed by atoms with Crippen LogP contribution in [0.3, 0.4) is 0 Å². The molecule has 1 atom stereocenters. The van der Waals surface area contributed by atoms with Crippen LogP contribution in [-0.4, -0.2) is 24.9 Å². The molecule has 144 valence electrons. The molecule has 4 rings (SSSR count). The molecule has 2 aromatic carbocycles. The summed E-state index contributed by atoms with van der Waals surface area (Å²) in [4.78, 5) is 4.74. The summed E-state index contributed by atoms with van der Waals surface area (Å²) in [6, 6.07) is 12.3. The Kier molecular flexibility index (Phi) is 5.00. The van der Waals surface area contributed by atoms with Crippen LogP contribution in [0.2, 0.25) is 0 Å². The molecule has 1 aromatic heterocycles. The van der Waals surface area contributed by atoms with E-state index in [0.717, 1.165) is 34.1 Å². The number of hydrazone groups is 1. The highest BCUT2D eigenvalue weighted by Crippen LogP contribution is 2.40. The first-order valence-corrected chi connectivity index (χ1v) is 9.73. The average molecular weight is 397 g/mol. The summed E-state index contributed by atoms with van der Waals surface area (Å²) in [6.07, 6.45) is 0.806. The van der Waals surface area contributed by atoms with Gasteiger partial charge in [-0.05, 0) is 48.9 Å². The Morgan fingerprint density at radius 1 is 1.07 bits per heavy atom. The van der Waals surface area contributed by atoms with E-state index in [9.17, 15) is 4.39 Å². The maximum Gasteiger partial charge on any atom is 0.207 e. The summed E-state index contributed by atoms with van der Waals surface area (Å²) in [5.41, 5.74) is 3.81. The predicted molar refractivity (Wildman–Crippen MR) is 110 cm³/mol. The molecule has 2 heterocycles. The van der Waals surface area contributed by atoms with Gasteiger partial charge in [0.15, 0.2) is 11.5 Å². The Balaban J connectivity index is 1.66. The van der Waals surface area contributed by atoms with Gasteiger partial charge in [-0.3, -0.25) is 0 Å². The van der Waals surface area contributed by atoms with Crippen molar-refractivity contribution in [1.82, 2.24) is 4.98 Å². The number of halogens is 1. The number of benzene rings is 2. The van der Waals surface area contributed by atoms with Gasteiger partial charge in [0.1, 0.15) is 5.82 Å². The zero-order chi connectivity index (χ0) is 19.7. The number of thiazole rings is 1. The normalized spacial score (nSPS) is 16.2. The molecule has 0 bridgehead atoms. The Labute approximate surface area is 167 Å². The van der Waals surface area contributed by atoms with Crippen molar-refractivity contribution in [1.29, 1.82) is 0 Å². The van der Waals surface area contributed by atoms with Crippen LogP contribution < -0.4 is 14.5 Å². The molecule has 28 heavy (non-hydrogen) atoms. The van der Waals surface area contributed by atoms with E-state index in [2.05, 4.69) is 0 Å². The topological polar surface area (TPSA) is 47.0 Å². The zero-order valence-electron chi connectivity index (χ0n) is 15.8. The van der Waals surface area contributed by atoms with Crippen molar-refractivity contribution in [2.24, 2.45) is 5.10 Å². The van der Waals surface area contributed by atoms with Crippen molar-refractivity contribution in [3.63, 3.8) is 0 Å². The number of hydrogen-bond acceptors (Lipinski definition) is 6. The van der Waals surface area contributed by atoms with Crippen LogP contribution in [-0.2, 0) is 0 Å². The van der Waals surface area contributed by atoms with Gasteiger partial charge in [-0.15, -0.1) is 11.3 Å². The zero-order valence-corrected chi connectivity index (χ0v) is 16.7. The molecular formula is C21H20FN3O2S. The molecule has 5 nitrogen and oxygen atoms in total. The van der Waals surface area contributed by atoms with Crippen LogP contribution in [0.15, 0.2) is 52.9 Å². The molecule has 1 aliphatic heterocycles. The number of nitrogens with zero attached hydrogens (tertiary/aromatic N) is 3. The third-order valence-corrected chi connectivity index (χ3v) is 5.51. The van der Waals surface area contributed by atoms with Crippen molar-refractivity contribution in [3.05, 3.63) is 59.2 Å². The van der Waals surface area contributed by atoms with Gasteiger partial charge in [-0.25, -0.2) is 14.4 Å². The molecule has 7 heteroatoms. The molecule has 0 saturated heterocycles. The largest absolute Gasteiger partial charge is 0.493 e. The average Bonchev–Trinajstić information content (AvgIpc) is 3.34. The van der Waals surface area contributed by atoms with Gasteiger partial charge < -0.3 is 9.47 Å². The van der Waals surface area contributed by atoms with Crippen molar-refractivity contribution in [2.45, 2.75) is 19.4 Å². The molecule has 0 N–H and O–H groups in total. The van der Waals surface area contributed by atoms with Gasteiger partial charge in [-0.1, -0.05) is 6.07 Å². The summed E-state index contributed by atoms with van der Waals surface area (Å²) in [5.74, 6) is 1.13. The van der Waals surface area contributed by atoms with Crippen LogP contribution in [0.4, 0.5) is 9.52 Å². The lowest BCUT2D eigenvalue weighted by molar-refractivity contribution is 0.354. The molecule has 0 radical (unpaired) electrons. The fraction of sp³-hybridized carbons (Fsp3) is 0.238. The first-order valence-electron chi connectivity index (χ1n) is 8.85. The van der Waals surface area contributed by atoms with E-state index in [1.807, 2.05) is 35.5 Å². The van der Waals surface area contributed by atoms with E-state index >= 15 is 0 Å². The van der Waals surface area contributed by atoms with Crippen LogP contribution in [0.5, 0.6) is 11.5 Å². The van der Waals surface area contributed by atoms with Crippen LogP contribution in [0.1, 0.15) is 24.9 Å². The summed E-state index contributed by atoms with van der Waals surface area (Å²) in [7, 11) is 3.25. The van der Waals surface area contributed by atoms with E-state index in [1.54, 1.807) is 26.4 Å². The van der Waals surface area contributed by atoms with Gasteiger partial charge in [0.05, 0.1) is 26.0 Å². The first kappa shape index (κ1) is 18.4. The first-order chi connectivity index (χ1) is 13.6. The van der Waals surface area contributed by atoms with Crippen molar-refractivity contribution in [2.75, 3.05) is 19.2 Å². The minimum absolute atomic E-state index is 0.0343. The molecule has 0 fully saturated rings. The molecule has 0 saturated carbocycles. The maximum absolute atomic E-state index is 13.2. The number of aromatic nitrogens is 1. The number of ether oxygens (including phenoxy) is 2. The Hall–Kier alpha value is -2.93. The van der Waals surface area contributed by atoms with Gasteiger partial charge in [0, 0.05) is 23.1 Å². The summed E-state index contributed by atoms with van der Waals surface area (Å²) in [5, 5.41) is 9.43. The lowest BCUT2D eigenvalue weighted by Crippen LogP contribution is -2.18. The minimum Gasteiger partial charge on any atom is -0.493 e. The van der Waals surface area contributed by atoms with Crippen LogP contribution in [0, 0.1) is 5.82 Å². The Morgan fingerprint density at radius 3 is 2.54 bits per heavy atom. The minimum atomic E-state index is -0.257. The van der Waals surface area contributed by atoms with E-state index in [-0.39, 0.29) is 11.9 Å². The highest BCUT2D eigenvalue weighted by Gasteiger charge is 2.30. The third kappa shape index (κ3) is 3.45. The SMILES string of the molecule is COc1ccc(C2CC(C)=NN2c2nc(-c3ccc(F)cc3)cs2)cc1OC. The van der Waals surface area contributed by atoms with Crippen molar-refractivity contribution in [3.8, 4) is 22.8 Å². The second kappa shape index (κ2) is 7.59. The molecule has 1 unspecified atom stereocenters. The summed E-state index contributed by atoms with van der Waals surface area (Å²) in [6.45, 7) is 2.02. The maximum atomic E-state index is 13.2. The number of rotatable bonds is 5. The number of methoxy groups -OCH3 is 2. The highest BCUT2D eigenvalue weighted by atomic mass is 32.1. The smallest absolute Gasteiger partial charge is 0.207 e. The molecule has 3 aromatic rings. The number of anilines is 1. The standard InChI is InChI=1S/C21H20FN3O2S/c1-13-10-18(15-6-9-19(26-2)20(11-15)27-3)25(24-13)21-23-17(12-28-21)14-4-7-16(22)8-5-14/h4-9,11-12,18H,10H2,1-3H3. The predicted octanol–water partition coefficient (Wildman–Crippen LogP) is 5.29. The second-order valence-electron chi connectivity index (χ2n) is 6.54. The van der Waals surface area contributed by atoms with Crippen LogP contribution in [0.25, 0.3) is 11.3 Å². The van der Waals surface area contributed by atoms with Crippen molar-refractivity contribution >= 4 is 22.2 Å². The van der Waals surface area contributed by atoms with Gasteiger partial charge >= 0.3 is 0 Å². The second-order valence-corrected chi connectivity index (χ2v) is 7.37. The Bertz CT molecular complexity index is 1020. The lowest BCUT2D eigenvalue weighted by Gasteiger charge is -2.22. The monoisotopic (exact) mass is 397 g/mol. The van der Waals surface area contributed by atoms with Gasteiger partial charge in [0.25, 0.3) is 0 Å². The molecule has 1 aliphatic rings. The molecule has 0 amide bonds. The highest BCUT2D eigenvalue weighted by molar-refractivity contribution is 7.14. The van der Waals surface area contributed by atoms with Crippen LogP contribution >= 0.6 is 11.3 Å². The fourth-order valence-corrected chi connectivity index (χ4v) is 4.11. The van der Waals surface area contributed by atoms with E-state index < -0.39 is 0 Å². The summed E-state index contributed by atoms with van der Waals surface area (Å²) < 4.78 is 24.0. The third-order valence-electron chi connectivity index (χ3n) is 4.68.